The molecule has 0 saturated heterocycles. The lowest BCUT2D eigenvalue weighted by Crippen LogP contribution is -2.16. The summed E-state index contributed by atoms with van der Waals surface area (Å²) < 4.78 is 45.6. The number of hydrogen-bond donors (Lipinski definition) is 0. The van der Waals surface area contributed by atoms with Crippen molar-refractivity contribution in [3.05, 3.63) is 65.2 Å². The van der Waals surface area contributed by atoms with Gasteiger partial charge in [-0.1, -0.05) is 12.1 Å². The highest BCUT2D eigenvalue weighted by molar-refractivity contribution is 5.91. The predicted molar refractivity (Wildman–Crippen MR) is 78.1 cm³/mol. The van der Waals surface area contributed by atoms with Gasteiger partial charge >= 0.3 is 12.3 Å². The number of esters is 1. The van der Waals surface area contributed by atoms with Gasteiger partial charge in [0.05, 0.1) is 23.3 Å². The first-order chi connectivity index (χ1) is 11.3. The third kappa shape index (κ3) is 4.83. The lowest BCUT2D eigenvalue weighted by Gasteiger charge is -2.15. The highest BCUT2D eigenvalue weighted by Crippen LogP contribution is 2.27. The number of halogens is 3. The zero-order valence-corrected chi connectivity index (χ0v) is 12.5. The molecular weight excluding hydrogens is 323 g/mol. The SMILES string of the molecule is CC(OC(F)(F)F)c1ccc(C(=O)Oc2ccc(C#N)cc2)cc1. The Labute approximate surface area is 136 Å². The molecule has 1 unspecified atom stereocenters. The van der Waals surface area contributed by atoms with E-state index in [-0.39, 0.29) is 16.9 Å². The van der Waals surface area contributed by atoms with Gasteiger partial charge in [-0.3, -0.25) is 4.74 Å². The highest BCUT2D eigenvalue weighted by Gasteiger charge is 2.32. The summed E-state index contributed by atoms with van der Waals surface area (Å²) in [6, 6.07) is 13.3. The highest BCUT2D eigenvalue weighted by atomic mass is 19.4. The van der Waals surface area contributed by atoms with Crippen LogP contribution < -0.4 is 4.74 Å². The molecule has 0 aliphatic carbocycles. The summed E-state index contributed by atoms with van der Waals surface area (Å²) in [7, 11) is 0. The molecule has 0 amide bonds. The molecule has 0 aromatic heterocycles. The summed E-state index contributed by atoms with van der Waals surface area (Å²) in [5.74, 6) is -0.396. The number of nitrogens with zero attached hydrogens (tertiary/aromatic N) is 1. The Morgan fingerprint density at radius 2 is 1.67 bits per heavy atom. The fraction of sp³-hybridized carbons (Fsp3) is 0.176. The van der Waals surface area contributed by atoms with Crippen molar-refractivity contribution in [1.29, 1.82) is 5.26 Å². The number of carbonyl (C=O) groups is 1. The van der Waals surface area contributed by atoms with Crippen molar-refractivity contribution in [3.8, 4) is 11.8 Å². The Bertz CT molecular complexity index is 747. The van der Waals surface area contributed by atoms with Gasteiger partial charge in [-0.05, 0) is 48.9 Å². The maximum Gasteiger partial charge on any atom is 0.523 e. The Hall–Kier alpha value is -2.85. The average molecular weight is 335 g/mol. The van der Waals surface area contributed by atoms with Gasteiger partial charge in [0.2, 0.25) is 0 Å². The van der Waals surface area contributed by atoms with E-state index in [4.69, 9.17) is 10.00 Å². The molecule has 2 rings (SSSR count). The third-order valence-electron chi connectivity index (χ3n) is 3.12. The lowest BCUT2D eigenvalue weighted by molar-refractivity contribution is -0.342. The van der Waals surface area contributed by atoms with Crippen LogP contribution in [0.2, 0.25) is 0 Å². The first kappa shape index (κ1) is 17.5. The second-order valence-corrected chi connectivity index (χ2v) is 4.85. The second-order valence-electron chi connectivity index (χ2n) is 4.85. The summed E-state index contributed by atoms with van der Waals surface area (Å²) in [6.07, 6.45) is -5.92. The van der Waals surface area contributed by atoms with Crippen molar-refractivity contribution in [1.82, 2.24) is 0 Å². The number of benzene rings is 2. The Balaban J connectivity index is 2.04. The van der Waals surface area contributed by atoms with Crippen LogP contribution in [0, 0.1) is 11.3 Å². The van der Waals surface area contributed by atoms with E-state index in [2.05, 4.69) is 4.74 Å². The molecule has 0 spiro atoms. The maximum absolute atomic E-state index is 12.2. The Morgan fingerprint density at radius 1 is 1.08 bits per heavy atom. The van der Waals surface area contributed by atoms with Crippen molar-refractivity contribution in [3.63, 3.8) is 0 Å². The van der Waals surface area contributed by atoms with Gasteiger partial charge in [0.25, 0.3) is 0 Å². The zero-order chi connectivity index (χ0) is 17.7. The quantitative estimate of drug-likeness (QED) is 0.615. The summed E-state index contributed by atoms with van der Waals surface area (Å²) in [5.41, 5.74) is 0.891. The van der Waals surface area contributed by atoms with Crippen LogP contribution in [0.25, 0.3) is 0 Å². The Kier molecular flexibility index (Phi) is 5.21. The van der Waals surface area contributed by atoms with Crippen LogP contribution in [0.5, 0.6) is 5.75 Å². The number of rotatable bonds is 4. The van der Waals surface area contributed by atoms with Gasteiger partial charge in [-0.15, -0.1) is 13.2 Å². The van der Waals surface area contributed by atoms with E-state index in [9.17, 15) is 18.0 Å². The van der Waals surface area contributed by atoms with E-state index >= 15 is 0 Å². The summed E-state index contributed by atoms with van der Waals surface area (Å²) in [4.78, 5) is 12.0. The molecular formula is C17H12F3NO3. The van der Waals surface area contributed by atoms with Crippen LogP contribution in [0.1, 0.15) is 34.5 Å². The first-order valence-electron chi connectivity index (χ1n) is 6.85. The van der Waals surface area contributed by atoms with Crippen LogP contribution in [0.4, 0.5) is 13.2 Å². The zero-order valence-electron chi connectivity index (χ0n) is 12.5. The van der Waals surface area contributed by atoms with Gasteiger partial charge in [-0.2, -0.15) is 5.26 Å². The average Bonchev–Trinajstić information content (AvgIpc) is 2.54. The minimum absolute atomic E-state index is 0.183. The lowest BCUT2D eigenvalue weighted by atomic mass is 10.1. The molecule has 1 atom stereocenters. The molecule has 0 radical (unpaired) electrons. The van der Waals surface area contributed by atoms with E-state index in [0.717, 1.165) is 0 Å². The minimum Gasteiger partial charge on any atom is -0.423 e. The van der Waals surface area contributed by atoms with E-state index in [0.29, 0.717) is 5.56 Å². The van der Waals surface area contributed by atoms with Crippen molar-refractivity contribution < 1.29 is 27.4 Å². The molecule has 0 saturated carbocycles. The molecule has 0 aliphatic rings. The van der Waals surface area contributed by atoms with Crippen molar-refractivity contribution in [2.75, 3.05) is 0 Å². The van der Waals surface area contributed by atoms with Crippen LogP contribution in [-0.2, 0) is 4.74 Å². The predicted octanol–water partition coefficient (Wildman–Crippen LogP) is 4.37. The van der Waals surface area contributed by atoms with Crippen molar-refractivity contribution in [2.24, 2.45) is 0 Å². The molecule has 0 fully saturated rings. The smallest absolute Gasteiger partial charge is 0.423 e. The minimum atomic E-state index is -4.73. The summed E-state index contributed by atoms with van der Waals surface area (Å²) in [6.45, 7) is 1.26. The molecule has 24 heavy (non-hydrogen) atoms. The molecule has 4 nitrogen and oxygen atoms in total. The molecule has 2 aromatic rings. The number of ether oxygens (including phenoxy) is 2. The first-order valence-corrected chi connectivity index (χ1v) is 6.85. The largest absolute Gasteiger partial charge is 0.523 e. The molecule has 0 aliphatic heterocycles. The topological polar surface area (TPSA) is 59.3 Å². The van der Waals surface area contributed by atoms with Crippen LogP contribution in [0.15, 0.2) is 48.5 Å². The van der Waals surface area contributed by atoms with Crippen molar-refractivity contribution >= 4 is 5.97 Å². The van der Waals surface area contributed by atoms with E-state index in [1.807, 2.05) is 6.07 Å². The fourth-order valence-electron chi connectivity index (χ4n) is 1.92. The van der Waals surface area contributed by atoms with E-state index in [1.54, 1.807) is 0 Å². The van der Waals surface area contributed by atoms with E-state index in [1.165, 1.54) is 55.5 Å². The molecule has 2 aromatic carbocycles. The van der Waals surface area contributed by atoms with Gasteiger partial charge in [0, 0.05) is 0 Å². The van der Waals surface area contributed by atoms with Crippen molar-refractivity contribution in [2.45, 2.75) is 19.4 Å². The normalized spacial score (nSPS) is 12.3. The molecule has 7 heteroatoms. The van der Waals surface area contributed by atoms with Gasteiger partial charge in [0.15, 0.2) is 0 Å². The van der Waals surface area contributed by atoms with E-state index < -0.39 is 18.4 Å². The van der Waals surface area contributed by atoms with Crippen LogP contribution >= 0.6 is 0 Å². The molecule has 0 bridgehead atoms. The third-order valence-corrected chi connectivity index (χ3v) is 3.12. The van der Waals surface area contributed by atoms with Gasteiger partial charge in [-0.25, -0.2) is 4.79 Å². The van der Waals surface area contributed by atoms with Gasteiger partial charge in [0.1, 0.15) is 5.75 Å². The standard InChI is InChI=1S/C17H12F3NO3/c1-11(24-17(18,19)20)13-4-6-14(7-5-13)16(22)23-15-8-2-12(10-21)3-9-15/h2-9,11H,1H3. The summed E-state index contributed by atoms with van der Waals surface area (Å²) >= 11 is 0. The van der Waals surface area contributed by atoms with Crippen LogP contribution in [0.3, 0.4) is 0 Å². The number of carbonyl (C=O) groups excluding carboxylic acids is 1. The number of alkyl halides is 3. The fourth-order valence-corrected chi connectivity index (χ4v) is 1.92. The van der Waals surface area contributed by atoms with Gasteiger partial charge < -0.3 is 4.74 Å². The van der Waals surface area contributed by atoms with Crippen LogP contribution in [-0.4, -0.2) is 12.3 Å². The molecule has 124 valence electrons. The molecule has 0 N–H and O–H groups in total. The molecule has 0 heterocycles. The number of hydrogen-bond acceptors (Lipinski definition) is 4. The second kappa shape index (κ2) is 7.15. The maximum atomic E-state index is 12.2. The Morgan fingerprint density at radius 3 is 2.17 bits per heavy atom. The monoisotopic (exact) mass is 335 g/mol. The summed E-state index contributed by atoms with van der Waals surface area (Å²) in [5, 5.41) is 8.69. The number of nitriles is 1.